The summed E-state index contributed by atoms with van der Waals surface area (Å²) < 4.78 is 27.6. The van der Waals surface area contributed by atoms with E-state index in [1.54, 1.807) is 49.5 Å². The highest BCUT2D eigenvalue weighted by Crippen LogP contribution is 2.25. The third-order valence-corrected chi connectivity index (χ3v) is 5.09. The van der Waals surface area contributed by atoms with Gasteiger partial charge in [0.15, 0.2) is 0 Å². The molecule has 0 spiro atoms. The fourth-order valence-corrected chi connectivity index (χ4v) is 3.55. The van der Waals surface area contributed by atoms with Crippen LogP contribution < -0.4 is 16.2 Å². The topological polar surface area (TPSA) is 139 Å². The van der Waals surface area contributed by atoms with Gasteiger partial charge in [0.1, 0.15) is 0 Å². The number of sulfonamides is 1. The van der Waals surface area contributed by atoms with Crippen LogP contribution in [0, 0.1) is 0 Å². The number of anilines is 1. The van der Waals surface area contributed by atoms with Crippen LogP contribution in [0.25, 0.3) is 10.9 Å². The Bertz CT molecular complexity index is 1100. The number of nitrogens with zero attached hydrogens (tertiary/aromatic N) is 2. The van der Waals surface area contributed by atoms with Crippen LogP contribution >= 0.6 is 12.4 Å². The number of nitrogens with one attached hydrogen (secondary N) is 2. The maximum Gasteiger partial charge on any atom is 0.261 e. The van der Waals surface area contributed by atoms with Crippen LogP contribution in [0.5, 0.6) is 0 Å². The summed E-state index contributed by atoms with van der Waals surface area (Å²) in [5.41, 5.74) is 13.2. The van der Waals surface area contributed by atoms with Gasteiger partial charge in [-0.1, -0.05) is 18.2 Å². The molecule has 0 fully saturated rings. The molecule has 0 atom stereocenters. The molecule has 1 heterocycles. The molecule has 0 bridgehead atoms. The van der Waals surface area contributed by atoms with E-state index in [4.69, 9.17) is 11.5 Å². The lowest BCUT2D eigenvalue weighted by Gasteiger charge is -2.08. The first-order valence-corrected chi connectivity index (χ1v) is 9.18. The molecule has 1 aromatic heterocycles. The van der Waals surface area contributed by atoms with Crippen molar-refractivity contribution < 1.29 is 8.42 Å². The van der Waals surface area contributed by atoms with E-state index in [9.17, 15) is 8.42 Å². The Balaban J connectivity index is 0.00000261. The molecule has 0 radical (unpaired) electrons. The second-order valence-electron chi connectivity index (χ2n) is 5.59. The third kappa shape index (κ3) is 4.57. The maximum atomic E-state index is 12.5. The Morgan fingerprint density at radius 2 is 1.78 bits per heavy atom. The number of fused-ring (bicyclic) bond motifs is 1. The number of H-pyrrole nitrogens is 1. The minimum Gasteiger partial charge on any atom is -0.369 e. The molecule has 6 N–H and O–H groups in total. The Labute approximate surface area is 162 Å². The average molecular weight is 407 g/mol. The summed E-state index contributed by atoms with van der Waals surface area (Å²) in [6.45, 7) is 1.76. The van der Waals surface area contributed by atoms with Gasteiger partial charge in [0.2, 0.25) is 5.96 Å². The van der Waals surface area contributed by atoms with Crippen LogP contribution in [0.3, 0.4) is 0 Å². The fourth-order valence-electron chi connectivity index (χ4n) is 2.48. The number of rotatable bonds is 5. The highest BCUT2D eigenvalue weighted by molar-refractivity contribution is 7.92. The SMILES string of the molecule is CC(=NN=C(N)N)c1c[nH]c2ccc(NS(=O)(=O)c3ccccc3)cc12.Cl. The van der Waals surface area contributed by atoms with E-state index in [1.807, 2.05) is 0 Å². The smallest absolute Gasteiger partial charge is 0.261 e. The third-order valence-electron chi connectivity index (χ3n) is 3.69. The van der Waals surface area contributed by atoms with Gasteiger partial charge >= 0.3 is 0 Å². The Morgan fingerprint density at radius 1 is 1.07 bits per heavy atom. The molecule has 0 aliphatic rings. The molecule has 3 aromatic rings. The molecule has 0 aliphatic carbocycles. The van der Waals surface area contributed by atoms with E-state index in [2.05, 4.69) is 19.9 Å². The zero-order chi connectivity index (χ0) is 18.7. The number of hydrogen-bond acceptors (Lipinski definition) is 4. The normalized spacial score (nSPS) is 11.7. The quantitative estimate of drug-likeness (QED) is 0.293. The van der Waals surface area contributed by atoms with Crippen LogP contribution in [0.1, 0.15) is 12.5 Å². The summed E-state index contributed by atoms with van der Waals surface area (Å²) in [7, 11) is -3.66. The average Bonchev–Trinajstić information content (AvgIpc) is 3.03. The molecule has 2 aromatic carbocycles. The molecular formula is C17H19ClN6O2S. The van der Waals surface area contributed by atoms with Gasteiger partial charge in [0, 0.05) is 28.4 Å². The van der Waals surface area contributed by atoms with Crippen LogP contribution in [-0.4, -0.2) is 25.1 Å². The van der Waals surface area contributed by atoms with Gasteiger partial charge < -0.3 is 16.5 Å². The summed E-state index contributed by atoms with van der Waals surface area (Å²) in [5, 5.41) is 8.40. The molecule has 10 heteroatoms. The van der Waals surface area contributed by atoms with Crippen molar-refractivity contribution in [2.24, 2.45) is 21.7 Å². The number of guanidine groups is 1. The van der Waals surface area contributed by atoms with Gasteiger partial charge in [-0.3, -0.25) is 4.72 Å². The number of aromatic nitrogens is 1. The lowest BCUT2D eigenvalue weighted by Crippen LogP contribution is -2.22. The van der Waals surface area contributed by atoms with E-state index >= 15 is 0 Å². The number of nitrogens with two attached hydrogens (primary N) is 2. The van der Waals surface area contributed by atoms with Crippen molar-refractivity contribution in [3.63, 3.8) is 0 Å². The van der Waals surface area contributed by atoms with Crippen molar-refractivity contribution in [2.75, 3.05) is 4.72 Å². The van der Waals surface area contributed by atoms with Crippen molar-refractivity contribution in [3.8, 4) is 0 Å². The van der Waals surface area contributed by atoms with Gasteiger partial charge in [0.05, 0.1) is 10.6 Å². The van der Waals surface area contributed by atoms with E-state index in [-0.39, 0.29) is 23.3 Å². The first kappa shape index (κ1) is 20.3. The van der Waals surface area contributed by atoms with Crippen molar-refractivity contribution in [1.29, 1.82) is 0 Å². The molecule has 8 nitrogen and oxygen atoms in total. The number of hydrogen-bond donors (Lipinski definition) is 4. The second kappa shape index (κ2) is 8.11. The summed E-state index contributed by atoms with van der Waals surface area (Å²) in [6, 6.07) is 13.4. The Morgan fingerprint density at radius 3 is 2.44 bits per heavy atom. The number of halogens is 1. The molecule has 142 valence electrons. The lowest BCUT2D eigenvalue weighted by molar-refractivity contribution is 0.601. The van der Waals surface area contributed by atoms with Crippen LogP contribution in [0.4, 0.5) is 5.69 Å². The molecular weight excluding hydrogens is 388 g/mol. The molecule has 0 aliphatic heterocycles. The molecule has 27 heavy (non-hydrogen) atoms. The van der Waals surface area contributed by atoms with Crippen LogP contribution in [-0.2, 0) is 10.0 Å². The minimum absolute atomic E-state index is 0. The van der Waals surface area contributed by atoms with Crippen molar-refractivity contribution in [1.82, 2.24) is 4.98 Å². The van der Waals surface area contributed by atoms with Crippen molar-refractivity contribution in [2.45, 2.75) is 11.8 Å². The van der Waals surface area contributed by atoms with E-state index in [0.29, 0.717) is 11.4 Å². The summed E-state index contributed by atoms with van der Waals surface area (Å²) in [4.78, 5) is 3.30. The number of benzene rings is 2. The highest BCUT2D eigenvalue weighted by Gasteiger charge is 2.15. The predicted molar refractivity (Wildman–Crippen MR) is 111 cm³/mol. The monoisotopic (exact) mass is 406 g/mol. The summed E-state index contributed by atoms with van der Waals surface area (Å²) in [5.74, 6) is -0.138. The first-order chi connectivity index (χ1) is 12.4. The zero-order valence-electron chi connectivity index (χ0n) is 14.4. The summed E-state index contributed by atoms with van der Waals surface area (Å²) >= 11 is 0. The van der Waals surface area contributed by atoms with Crippen molar-refractivity contribution in [3.05, 3.63) is 60.3 Å². The molecule has 0 saturated heterocycles. The van der Waals surface area contributed by atoms with E-state index < -0.39 is 10.0 Å². The predicted octanol–water partition coefficient (Wildman–Crippen LogP) is 2.39. The van der Waals surface area contributed by atoms with Gasteiger partial charge in [-0.25, -0.2) is 8.42 Å². The van der Waals surface area contributed by atoms with E-state index in [1.165, 1.54) is 12.1 Å². The Hall–Kier alpha value is -3.04. The zero-order valence-corrected chi connectivity index (χ0v) is 16.0. The van der Waals surface area contributed by atoms with E-state index in [0.717, 1.165) is 16.5 Å². The van der Waals surface area contributed by atoms with Gasteiger partial charge in [0.25, 0.3) is 10.0 Å². The first-order valence-electron chi connectivity index (χ1n) is 7.69. The summed E-state index contributed by atoms with van der Waals surface area (Å²) in [6.07, 6.45) is 1.77. The number of aromatic amines is 1. The largest absolute Gasteiger partial charge is 0.369 e. The Kier molecular flexibility index (Phi) is 6.09. The van der Waals surface area contributed by atoms with Crippen molar-refractivity contribution >= 4 is 50.7 Å². The second-order valence-corrected chi connectivity index (χ2v) is 7.27. The molecule has 0 amide bonds. The minimum atomic E-state index is -3.66. The standard InChI is InChI=1S/C17H18N6O2S.ClH/c1-11(21-22-17(18)19)15-10-20-16-8-7-12(9-14(15)16)23-26(24,25)13-5-3-2-4-6-13;/h2-10,20,23H,1H3,(H4,18,19,22);1H. The van der Waals surface area contributed by atoms with Gasteiger partial charge in [-0.2, -0.15) is 5.10 Å². The highest BCUT2D eigenvalue weighted by atomic mass is 35.5. The maximum absolute atomic E-state index is 12.5. The fraction of sp³-hybridized carbons (Fsp3) is 0.0588. The molecule has 0 saturated carbocycles. The van der Waals surface area contributed by atoms with Gasteiger partial charge in [-0.05, 0) is 37.3 Å². The van der Waals surface area contributed by atoms with Gasteiger partial charge in [-0.15, -0.1) is 17.5 Å². The van der Waals surface area contributed by atoms with Crippen LogP contribution in [0.15, 0.2) is 69.8 Å². The van der Waals surface area contributed by atoms with Crippen LogP contribution in [0.2, 0.25) is 0 Å². The molecule has 0 unspecified atom stereocenters. The lowest BCUT2D eigenvalue weighted by atomic mass is 10.1. The molecule has 3 rings (SSSR count).